The zero-order chi connectivity index (χ0) is 13.9. The summed E-state index contributed by atoms with van der Waals surface area (Å²) in [5.74, 6) is 0.269. The normalized spacial score (nSPS) is 10.4. The highest BCUT2D eigenvalue weighted by Crippen LogP contribution is 2.22. The van der Waals surface area contributed by atoms with Crippen LogP contribution in [-0.2, 0) is 0 Å². The molecule has 2 aromatic heterocycles. The lowest BCUT2D eigenvalue weighted by atomic mass is 10.0. The summed E-state index contributed by atoms with van der Waals surface area (Å²) < 4.78 is 0. The quantitative estimate of drug-likeness (QED) is 0.713. The minimum Gasteiger partial charge on any atom is -0.506 e. The third-order valence-corrected chi connectivity index (χ3v) is 2.92. The van der Waals surface area contributed by atoms with Crippen molar-refractivity contribution in [3.63, 3.8) is 0 Å². The minimum absolute atomic E-state index is 0.109. The molecule has 98 valence electrons. The monoisotopic (exact) mass is 265 g/mol. The summed E-state index contributed by atoms with van der Waals surface area (Å²) in [5, 5.41) is 9.41. The Kier molecular flexibility index (Phi) is 3.01. The van der Waals surface area contributed by atoms with Crippen molar-refractivity contribution in [1.82, 2.24) is 15.0 Å². The summed E-state index contributed by atoms with van der Waals surface area (Å²) in [6.07, 6.45) is 6.18. The molecule has 0 saturated heterocycles. The third kappa shape index (κ3) is 2.29. The molecule has 0 aliphatic rings. The maximum Gasteiger partial charge on any atom is 0.228 e. The Morgan fingerprint density at radius 2 is 1.90 bits per heavy atom. The van der Waals surface area contributed by atoms with Gasteiger partial charge in [0.05, 0.1) is 6.20 Å². The summed E-state index contributed by atoms with van der Waals surface area (Å²) in [6.45, 7) is 0. The number of benzene rings is 1. The number of aromatic nitrogens is 3. The molecule has 3 rings (SSSR count). The van der Waals surface area contributed by atoms with Gasteiger partial charge in [0.15, 0.2) is 5.82 Å². The number of carbonyl (C=O) groups excluding carboxylic acids is 1. The number of imidazole rings is 1. The van der Waals surface area contributed by atoms with Crippen LogP contribution in [-0.4, -0.2) is 25.8 Å². The van der Waals surface area contributed by atoms with Gasteiger partial charge in [0.1, 0.15) is 5.75 Å². The number of nitrogens with one attached hydrogen (secondary N) is 1. The van der Waals surface area contributed by atoms with Gasteiger partial charge in [-0.1, -0.05) is 24.3 Å². The van der Waals surface area contributed by atoms with E-state index in [1.165, 1.54) is 6.20 Å². The van der Waals surface area contributed by atoms with Crippen molar-refractivity contribution in [2.45, 2.75) is 0 Å². The van der Waals surface area contributed by atoms with Crippen molar-refractivity contribution in [2.24, 2.45) is 0 Å². The van der Waals surface area contributed by atoms with E-state index in [1.54, 1.807) is 36.8 Å². The smallest absolute Gasteiger partial charge is 0.228 e. The summed E-state index contributed by atoms with van der Waals surface area (Å²) in [6, 6.07) is 8.70. The largest absolute Gasteiger partial charge is 0.506 e. The Labute approximate surface area is 115 Å². The first-order valence-electron chi connectivity index (χ1n) is 6.02. The van der Waals surface area contributed by atoms with E-state index in [-0.39, 0.29) is 11.5 Å². The maximum atomic E-state index is 12.1. The molecule has 0 aliphatic heterocycles. The molecule has 0 atom stereocenters. The van der Waals surface area contributed by atoms with Gasteiger partial charge in [0.2, 0.25) is 5.78 Å². The minimum atomic E-state index is -0.157. The first-order chi connectivity index (χ1) is 9.74. The van der Waals surface area contributed by atoms with Gasteiger partial charge in [0, 0.05) is 29.7 Å². The highest BCUT2D eigenvalue weighted by Gasteiger charge is 2.11. The number of H-pyrrole nitrogens is 1. The number of aromatic amines is 1. The van der Waals surface area contributed by atoms with Crippen LogP contribution in [0.5, 0.6) is 5.75 Å². The van der Waals surface area contributed by atoms with Gasteiger partial charge in [-0.2, -0.15) is 0 Å². The van der Waals surface area contributed by atoms with Crippen molar-refractivity contribution in [3.05, 3.63) is 66.5 Å². The number of aromatic hydroxyl groups is 1. The second-order valence-corrected chi connectivity index (χ2v) is 4.28. The molecule has 0 radical (unpaired) electrons. The average Bonchev–Trinajstić information content (AvgIpc) is 3.01. The van der Waals surface area contributed by atoms with E-state index in [2.05, 4.69) is 15.0 Å². The fraction of sp³-hybridized carbons (Fsp3) is 0. The third-order valence-electron chi connectivity index (χ3n) is 2.92. The molecule has 3 aromatic rings. The van der Waals surface area contributed by atoms with Crippen molar-refractivity contribution >= 4 is 5.78 Å². The van der Waals surface area contributed by atoms with E-state index < -0.39 is 0 Å². The van der Waals surface area contributed by atoms with Crippen LogP contribution in [0.1, 0.15) is 16.2 Å². The van der Waals surface area contributed by atoms with Crippen LogP contribution in [0.25, 0.3) is 11.1 Å². The van der Waals surface area contributed by atoms with Crippen LogP contribution in [0.15, 0.2) is 55.1 Å². The van der Waals surface area contributed by atoms with Crippen molar-refractivity contribution in [3.8, 4) is 16.9 Å². The van der Waals surface area contributed by atoms with Gasteiger partial charge in [-0.3, -0.25) is 9.78 Å². The highest BCUT2D eigenvalue weighted by atomic mass is 16.3. The fourth-order valence-electron chi connectivity index (χ4n) is 1.93. The number of rotatable bonds is 3. The molecular formula is C15H11N3O2. The summed E-state index contributed by atoms with van der Waals surface area (Å²) in [4.78, 5) is 22.7. The Morgan fingerprint density at radius 3 is 2.55 bits per heavy atom. The van der Waals surface area contributed by atoms with Crippen LogP contribution >= 0.6 is 0 Å². The predicted octanol–water partition coefficient (Wildman–Crippen LogP) is 2.41. The molecular weight excluding hydrogens is 254 g/mol. The molecule has 0 aliphatic carbocycles. The number of nitrogens with zero attached hydrogens (tertiary/aromatic N) is 2. The van der Waals surface area contributed by atoms with E-state index >= 15 is 0 Å². The number of hydrogen-bond donors (Lipinski definition) is 2. The molecule has 0 spiro atoms. The van der Waals surface area contributed by atoms with Gasteiger partial charge >= 0.3 is 0 Å². The lowest BCUT2D eigenvalue weighted by Crippen LogP contribution is -2.03. The van der Waals surface area contributed by atoms with Crippen LogP contribution < -0.4 is 0 Å². The van der Waals surface area contributed by atoms with E-state index in [0.717, 1.165) is 11.1 Å². The summed E-state index contributed by atoms with van der Waals surface area (Å²) in [7, 11) is 0. The van der Waals surface area contributed by atoms with E-state index in [4.69, 9.17) is 0 Å². The highest BCUT2D eigenvalue weighted by molar-refractivity contribution is 6.06. The van der Waals surface area contributed by atoms with E-state index in [0.29, 0.717) is 11.4 Å². The molecule has 0 amide bonds. The van der Waals surface area contributed by atoms with Crippen LogP contribution in [0, 0.1) is 0 Å². The molecule has 0 unspecified atom stereocenters. The van der Waals surface area contributed by atoms with Crippen molar-refractivity contribution < 1.29 is 9.90 Å². The second kappa shape index (κ2) is 4.97. The lowest BCUT2D eigenvalue weighted by Gasteiger charge is -2.03. The van der Waals surface area contributed by atoms with Crippen LogP contribution in [0.2, 0.25) is 0 Å². The van der Waals surface area contributed by atoms with E-state index in [1.807, 2.05) is 12.1 Å². The number of ketones is 1. The zero-order valence-electron chi connectivity index (χ0n) is 10.4. The molecule has 2 heterocycles. The van der Waals surface area contributed by atoms with Gasteiger partial charge in [0.25, 0.3) is 0 Å². The van der Waals surface area contributed by atoms with Gasteiger partial charge in [-0.25, -0.2) is 4.98 Å². The number of hydrogen-bond acceptors (Lipinski definition) is 4. The first kappa shape index (κ1) is 12.1. The van der Waals surface area contributed by atoms with Crippen molar-refractivity contribution in [2.75, 3.05) is 0 Å². The molecule has 2 N–H and O–H groups in total. The predicted molar refractivity (Wildman–Crippen MR) is 73.4 cm³/mol. The van der Waals surface area contributed by atoms with Gasteiger partial charge < -0.3 is 10.1 Å². The van der Waals surface area contributed by atoms with E-state index in [9.17, 15) is 9.90 Å². The summed E-state index contributed by atoms with van der Waals surface area (Å²) >= 11 is 0. The Bertz CT molecular complexity index is 734. The molecule has 1 aromatic carbocycles. The maximum absolute atomic E-state index is 12.1. The molecule has 0 saturated carbocycles. The SMILES string of the molecule is O=C(c1ccc(-c2cncc(O)c2)cc1)c1ncc[nH]1. The first-order valence-corrected chi connectivity index (χ1v) is 6.02. The number of carbonyl (C=O) groups is 1. The lowest BCUT2D eigenvalue weighted by molar-refractivity contribution is 0.103. The number of pyridine rings is 1. The molecule has 20 heavy (non-hydrogen) atoms. The molecule has 0 fully saturated rings. The summed E-state index contributed by atoms with van der Waals surface area (Å²) in [5.41, 5.74) is 2.23. The topological polar surface area (TPSA) is 78.9 Å². The fourth-order valence-corrected chi connectivity index (χ4v) is 1.93. The van der Waals surface area contributed by atoms with Crippen LogP contribution in [0.4, 0.5) is 0 Å². The Hall–Kier alpha value is -2.95. The van der Waals surface area contributed by atoms with Gasteiger partial charge in [-0.05, 0) is 11.6 Å². The zero-order valence-corrected chi connectivity index (χ0v) is 10.4. The van der Waals surface area contributed by atoms with Gasteiger partial charge in [-0.15, -0.1) is 0 Å². The van der Waals surface area contributed by atoms with Crippen molar-refractivity contribution in [1.29, 1.82) is 0 Å². The molecule has 5 nitrogen and oxygen atoms in total. The Balaban J connectivity index is 1.90. The second-order valence-electron chi connectivity index (χ2n) is 4.28. The standard InChI is InChI=1S/C15H11N3O2/c19-13-7-12(8-16-9-13)10-1-3-11(4-2-10)14(20)15-17-5-6-18-15/h1-9,19H,(H,17,18). The van der Waals surface area contributed by atoms with Crippen LogP contribution in [0.3, 0.4) is 0 Å². The Morgan fingerprint density at radius 1 is 1.10 bits per heavy atom. The molecule has 0 bridgehead atoms. The average molecular weight is 265 g/mol. The molecule has 5 heteroatoms.